The van der Waals surface area contributed by atoms with Gasteiger partial charge in [-0.15, -0.1) is 0 Å². The van der Waals surface area contributed by atoms with Crippen molar-refractivity contribution in [2.75, 3.05) is 28.4 Å². The molecule has 0 saturated heterocycles. The Kier molecular flexibility index (Phi) is 17.1. The highest BCUT2D eigenvalue weighted by Gasteiger charge is 2.60. The van der Waals surface area contributed by atoms with E-state index in [4.69, 9.17) is 29.8 Å². The fourth-order valence-electron chi connectivity index (χ4n) is 13.7. The van der Waals surface area contributed by atoms with Crippen molar-refractivity contribution in [2.45, 2.75) is 119 Å². The number of fused-ring (bicyclic) bond motifs is 2. The maximum absolute atomic E-state index is 14.3. The van der Waals surface area contributed by atoms with Crippen LogP contribution in [0.4, 0.5) is 0 Å². The maximum atomic E-state index is 14.3. The zero-order valence-electron chi connectivity index (χ0n) is 44.0. The molecule has 2 aromatic carbocycles. The van der Waals surface area contributed by atoms with Gasteiger partial charge in [0.25, 0.3) is 5.91 Å². The van der Waals surface area contributed by atoms with E-state index in [-0.39, 0.29) is 80.5 Å². The summed E-state index contributed by atoms with van der Waals surface area (Å²) in [5.74, 6) is 2.27. The number of pyridine rings is 2. The number of aromatic carboxylic acids is 1. The van der Waals surface area contributed by atoms with Gasteiger partial charge in [0.2, 0.25) is 0 Å². The van der Waals surface area contributed by atoms with Crippen LogP contribution in [0.15, 0.2) is 85.5 Å². The van der Waals surface area contributed by atoms with Gasteiger partial charge in [-0.3, -0.25) is 24.4 Å². The van der Waals surface area contributed by atoms with Gasteiger partial charge in [0, 0.05) is 72.0 Å². The molecule has 4 aromatic rings. The minimum atomic E-state index is -0.942. The standard InChI is InChI=1S/C29H38N2O4.C23H35NO3.C6H5NO2/c1-18-23(31-27(33)19-9-7-12-30-17-19)16-24-28(2,3)10-8-11-29(24,4)25(18)26(32)20-13-21(34-5)15-22(14-20)35-6;1-14-18(24)13-19-22(2,3)8-7-9-23(19,4)20(14)21(25)15-10-16(26-5)12-17(11-15)27-6;8-6(9)5-2-1-3-7-4-5/h7,9,12-15,17-18,23-25H,8,10-11,16H2,1-6H3,(H,31,33);10-12,14,18-20H,7-9,13,24H2,1-6H3;1-4H,(H,8,9)/t18-,23-,24+,25-,29+;14-,18-,19+,20-,23+;/m11./s1. The fraction of sp³-hybridized carbons (Fsp3) is 0.552. The number of Topliss-reactive ketones (excluding diaryl/α,β-unsaturated/α-hetero) is 2. The van der Waals surface area contributed by atoms with E-state index in [1.807, 2.05) is 24.3 Å². The second-order valence-corrected chi connectivity index (χ2v) is 22.4. The van der Waals surface area contributed by atoms with Crippen LogP contribution in [0.3, 0.4) is 0 Å². The normalized spacial score (nSPS) is 29.1. The third-order valence-electron chi connectivity index (χ3n) is 17.3. The zero-order valence-corrected chi connectivity index (χ0v) is 44.0. The number of benzene rings is 2. The van der Waals surface area contributed by atoms with Crippen LogP contribution in [0.25, 0.3) is 0 Å². The number of hydrogen-bond donors (Lipinski definition) is 3. The van der Waals surface area contributed by atoms with Gasteiger partial charge in [0.1, 0.15) is 23.0 Å². The summed E-state index contributed by atoms with van der Waals surface area (Å²) in [6, 6.07) is 17.4. The zero-order chi connectivity index (χ0) is 52.1. The highest BCUT2D eigenvalue weighted by Crippen LogP contribution is 2.63. The van der Waals surface area contributed by atoms with Gasteiger partial charge in [-0.2, -0.15) is 0 Å². The lowest BCUT2D eigenvalue weighted by Crippen LogP contribution is -2.60. The number of hydrogen-bond acceptors (Lipinski definition) is 11. The number of nitrogens with two attached hydrogens (primary N) is 1. The third-order valence-corrected chi connectivity index (χ3v) is 17.3. The topological polar surface area (TPSA) is 189 Å². The number of ketones is 2. The largest absolute Gasteiger partial charge is 0.497 e. The first-order chi connectivity index (χ1) is 33.5. The number of amides is 1. The van der Waals surface area contributed by atoms with Crippen molar-refractivity contribution in [3.8, 4) is 23.0 Å². The molecule has 2 heterocycles. The van der Waals surface area contributed by atoms with Crippen LogP contribution in [0, 0.1) is 57.2 Å². The summed E-state index contributed by atoms with van der Waals surface area (Å²) in [6.07, 6.45) is 14.7. The number of aromatic nitrogens is 2. The summed E-state index contributed by atoms with van der Waals surface area (Å²) in [5, 5.41) is 11.6. The van der Waals surface area contributed by atoms with Crippen molar-refractivity contribution in [3.05, 3.63) is 108 Å². The summed E-state index contributed by atoms with van der Waals surface area (Å²) >= 11 is 0. The van der Waals surface area contributed by atoms with E-state index in [0.29, 0.717) is 51.5 Å². The Bertz CT molecular complexity index is 2450. The minimum Gasteiger partial charge on any atom is -0.497 e. The summed E-state index contributed by atoms with van der Waals surface area (Å²) in [7, 11) is 6.42. The van der Waals surface area contributed by atoms with Crippen LogP contribution in [0.1, 0.15) is 148 Å². The molecule has 4 aliphatic rings. The molecule has 8 rings (SSSR count). The van der Waals surface area contributed by atoms with E-state index in [2.05, 4.69) is 70.7 Å². The number of carbonyl (C=O) groups is 4. The number of carboxylic acid groups (broad SMARTS) is 1. The van der Waals surface area contributed by atoms with Gasteiger partial charge in [-0.05, 0) is 132 Å². The molecule has 10 atom stereocenters. The molecule has 0 radical (unpaired) electrons. The Balaban J connectivity index is 0.000000202. The van der Waals surface area contributed by atoms with Gasteiger partial charge in [0.15, 0.2) is 11.6 Å². The fourth-order valence-corrected chi connectivity index (χ4v) is 13.7. The summed E-state index contributed by atoms with van der Waals surface area (Å²) in [6.45, 7) is 18.3. The van der Waals surface area contributed by atoms with Gasteiger partial charge in [-0.25, -0.2) is 4.79 Å². The van der Waals surface area contributed by atoms with Gasteiger partial charge in [-0.1, -0.05) is 68.2 Å². The molecule has 13 nitrogen and oxygen atoms in total. The van der Waals surface area contributed by atoms with Crippen molar-refractivity contribution in [1.82, 2.24) is 15.3 Å². The monoisotopic (exact) mass is 975 g/mol. The lowest BCUT2D eigenvalue weighted by Gasteiger charge is -2.60. The van der Waals surface area contributed by atoms with E-state index >= 15 is 0 Å². The van der Waals surface area contributed by atoms with Crippen LogP contribution in [-0.2, 0) is 0 Å². The second-order valence-electron chi connectivity index (χ2n) is 22.4. The number of nitrogens with zero attached hydrogens (tertiary/aromatic N) is 2. The molecule has 4 aliphatic carbocycles. The van der Waals surface area contributed by atoms with Crippen LogP contribution in [-0.4, -0.2) is 79.0 Å². The maximum Gasteiger partial charge on any atom is 0.337 e. The van der Waals surface area contributed by atoms with E-state index in [1.165, 1.54) is 31.3 Å². The molecule has 71 heavy (non-hydrogen) atoms. The highest BCUT2D eigenvalue weighted by atomic mass is 16.5. The number of carboxylic acids is 1. The average Bonchev–Trinajstić information content (AvgIpc) is 3.35. The van der Waals surface area contributed by atoms with E-state index in [1.54, 1.807) is 71.2 Å². The summed E-state index contributed by atoms with van der Waals surface area (Å²) < 4.78 is 21.7. The molecule has 0 aliphatic heterocycles. The van der Waals surface area contributed by atoms with Crippen molar-refractivity contribution < 1.29 is 43.2 Å². The molecule has 4 saturated carbocycles. The number of ether oxygens (including phenoxy) is 4. The SMILES string of the molecule is COc1cc(OC)cc(C(=O)[C@H]2[C@H](C)[C@H](N)C[C@H]3C(C)(C)CCC[C@]23C)c1.COc1cc(OC)cc(C(=O)[C@H]2[C@H](C)[C@H](NC(=O)c3cccnc3)C[C@H]3C(C)(C)CCC[C@]23C)c1.O=C(O)c1cccnc1. The molecule has 384 valence electrons. The minimum absolute atomic E-state index is 0.0234. The first kappa shape index (κ1) is 54.5. The Hall–Kier alpha value is -5.82. The Morgan fingerprint density at radius 3 is 1.38 bits per heavy atom. The van der Waals surface area contributed by atoms with Crippen LogP contribution >= 0.6 is 0 Å². The number of rotatable bonds is 11. The molecular formula is C58H78N4O9. The van der Waals surface area contributed by atoms with Crippen LogP contribution in [0.2, 0.25) is 0 Å². The molecule has 0 bridgehead atoms. The van der Waals surface area contributed by atoms with Crippen molar-refractivity contribution in [2.24, 2.45) is 62.9 Å². The van der Waals surface area contributed by atoms with Gasteiger partial charge < -0.3 is 35.1 Å². The number of methoxy groups -OCH3 is 4. The molecular weight excluding hydrogens is 897 g/mol. The second kappa shape index (κ2) is 22.3. The number of carbonyl (C=O) groups excluding carboxylic acids is 3. The Labute approximate surface area is 421 Å². The predicted octanol–water partition coefficient (Wildman–Crippen LogP) is 11.1. The van der Waals surface area contributed by atoms with E-state index < -0.39 is 5.97 Å². The smallest absolute Gasteiger partial charge is 0.337 e. The van der Waals surface area contributed by atoms with E-state index in [0.717, 1.165) is 38.5 Å². The first-order valence-corrected chi connectivity index (χ1v) is 25.2. The van der Waals surface area contributed by atoms with Gasteiger partial charge in [0.05, 0.1) is 39.6 Å². The quantitative estimate of drug-likeness (QED) is 0.121. The summed E-state index contributed by atoms with van der Waals surface area (Å²) in [5.41, 5.74) is 8.72. The molecule has 0 spiro atoms. The molecule has 0 unspecified atom stereocenters. The molecule has 1 amide bonds. The van der Waals surface area contributed by atoms with Crippen molar-refractivity contribution in [3.63, 3.8) is 0 Å². The van der Waals surface area contributed by atoms with Crippen LogP contribution < -0.4 is 30.0 Å². The Morgan fingerprint density at radius 2 is 1.00 bits per heavy atom. The Morgan fingerprint density at radius 1 is 0.592 bits per heavy atom. The van der Waals surface area contributed by atoms with Crippen molar-refractivity contribution in [1.29, 1.82) is 0 Å². The van der Waals surface area contributed by atoms with E-state index in [9.17, 15) is 19.2 Å². The van der Waals surface area contributed by atoms with Crippen molar-refractivity contribution >= 4 is 23.4 Å². The highest BCUT2D eigenvalue weighted by molar-refractivity contribution is 6.00. The molecule has 2 aromatic heterocycles. The average molecular weight is 975 g/mol. The van der Waals surface area contributed by atoms with Crippen LogP contribution in [0.5, 0.6) is 23.0 Å². The molecule has 13 heteroatoms. The lowest BCUT2D eigenvalue weighted by atomic mass is 9.45. The first-order valence-electron chi connectivity index (χ1n) is 25.2. The number of nitrogens with one attached hydrogen (secondary N) is 1. The van der Waals surface area contributed by atoms with Gasteiger partial charge >= 0.3 is 5.97 Å². The molecule has 4 N–H and O–H groups in total. The predicted molar refractivity (Wildman–Crippen MR) is 275 cm³/mol. The third kappa shape index (κ3) is 11.6. The molecule has 4 fully saturated rings. The summed E-state index contributed by atoms with van der Waals surface area (Å²) in [4.78, 5) is 59.1. The lowest BCUT2D eigenvalue weighted by molar-refractivity contribution is -0.0902.